The Hall–Kier alpha value is -2.74. The van der Waals surface area contributed by atoms with E-state index >= 15 is 0 Å². The first-order chi connectivity index (χ1) is 21.7. The predicted octanol–water partition coefficient (Wildman–Crippen LogP) is 3.26. The molecule has 0 bridgehead atoms. The van der Waals surface area contributed by atoms with Gasteiger partial charge in [0.05, 0.1) is 47.9 Å². The molecule has 0 unspecified atom stereocenters. The summed E-state index contributed by atoms with van der Waals surface area (Å²) in [6, 6.07) is 0. The van der Waals surface area contributed by atoms with Crippen LogP contribution in [0.2, 0.25) is 0 Å². The molecule has 1 rings (SSSR count). The Morgan fingerprint density at radius 1 is 0.760 bits per heavy atom. The molecule has 1 aromatic heterocycles. The lowest BCUT2D eigenvalue weighted by atomic mass is 10.4. The normalized spacial score (nSPS) is 13.4. The smallest absolute Gasteiger partial charge is 0.462 e. The number of aromatic nitrogens is 2. The fourth-order valence-electron chi connectivity index (χ4n) is 1.54. The lowest BCUT2D eigenvalue weighted by Crippen LogP contribution is -2.33. The number of hydrogen-bond acceptors (Lipinski definition) is 10. The Labute approximate surface area is 278 Å². The first-order valence-electron chi connectivity index (χ1n) is 12.0. The van der Waals surface area contributed by atoms with Gasteiger partial charge in [0.25, 0.3) is 0 Å². The van der Waals surface area contributed by atoms with Crippen molar-refractivity contribution in [2.75, 3.05) is 34.3 Å². The SMILES string of the molecule is C=CC(=O)OCCCn1cc[n+](C)c1.CC[N+](C)(C)C.O=S(=O)([N-]S(=O)(=O)C(F)(F)F)C(F)(F)F.O=S(=O)([N-]S(=O)(=O)C(F)(F)F)C(F)(F)F. The molecule has 0 fully saturated rings. The van der Waals surface area contributed by atoms with Crippen LogP contribution in [0.4, 0.5) is 52.7 Å². The molecule has 0 aliphatic rings. The van der Waals surface area contributed by atoms with Gasteiger partial charge >= 0.3 is 28.0 Å². The quantitative estimate of drug-likeness (QED) is 0.0841. The van der Waals surface area contributed by atoms with Crippen molar-refractivity contribution in [3.05, 3.63) is 39.6 Å². The summed E-state index contributed by atoms with van der Waals surface area (Å²) in [6.07, 6.45) is 7.92. The molecule has 0 radical (unpaired) electrons. The molecular formula is C19H29F12N5O10S4. The van der Waals surface area contributed by atoms with Gasteiger partial charge in [-0.15, -0.1) is 0 Å². The number of carbonyl (C=O) groups is 1. The van der Waals surface area contributed by atoms with Crippen molar-refractivity contribution >= 4 is 46.1 Å². The number of rotatable bonds is 10. The van der Waals surface area contributed by atoms with Crippen LogP contribution >= 0.6 is 0 Å². The van der Waals surface area contributed by atoms with Crippen molar-refractivity contribution < 1.29 is 105 Å². The average Bonchev–Trinajstić information content (AvgIpc) is 3.28. The summed E-state index contributed by atoms with van der Waals surface area (Å²) in [7, 11) is -18.4. The molecule has 15 nitrogen and oxygen atoms in total. The summed E-state index contributed by atoms with van der Waals surface area (Å²) in [5, 5.41) is 0. The van der Waals surface area contributed by atoms with Gasteiger partial charge in [0, 0.05) is 12.5 Å². The molecule has 0 amide bonds. The van der Waals surface area contributed by atoms with Gasteiger partial charge in [-0.2, -0.15) is 52.7 Å². The number of alkyl halides is 12. The monoisotopic (exact) mass is 843 g/mol. The molecule has 1 aromatic rings. The summed E-state index contributed by atoms with van der Waals surface area (Å²) in [5.74, 6) is -0.358. The minimum atomic E-state index is -6.72. The Kier molecular flexibility index (Phi) is 19.3. The number of esters is 1. The van der Waals surface area contributed by atoms with E-state index in [9.17, 15) is 91.2 Å². The molecule has 1 heterocycles. The number of carbonyl (C=O) groups excluding carboxylic acids is 1. The second-order valence-electron chi connectivity index (χ2n) is 9.48. The summed E-state index contributed by atoms with van der Waals surface area (Å²) < 4.78 is 228. The largest absolute Gasteiger partial charge is 0.480 e. The van der Waals surface area contributed by atoms with Crippen LogP contribution in [0.1, 0.15) is 13.3 Å². The van der Waals surface area contributed by atoms with Crippen LogP contribution in [0.5, 0.6) is 0 Å². The maximum absolute atomic E-state index is 11.4. The first-order valence-corrected chi connectivity index (χ1v) is 17.8. The van der Waals surface area contributed by atoms with E-state index < -0.39 is 62.1 Å². The van der Waals surface area contributed by atoms with Crippen LogP contribution in [0.3, 0.4) is 0 Å². The van der Waals surface area contributed by atoms with E-state index in [1.807, 2.05) is 34.9 Å². The van der Waals surface area contributed by atoms with Gasteiger partial charge in [-0.05, 0) is 6.92 Å². The van der Waals surface area contributed by atoms with Crippen LogP contribution in [0, 0.1) is 0 Å². The number of imidazole rings is 1. The van der Waals surface area contributed by atoms with Gasteiger partial charge in [-0.1, -0.05) is 6.58 Å². The van der Waals surface area contributed by atoms with Crippen LogP contribution in [0.15, 0.2) is 31.4 Å². The molecule has 0 spiro atoms. The molecule has 31 heteroatoms. The molecule has 0 atom stereocenters. The topological polar surface area (TPSA) is 200 Å². The van der Waals surface area contributed by atoms with Gasteiger partial charge in [0.1, 0.15) is 12.4 Å². The Morgan fingerprint density at radius 3 is 1.26 bits per heavy atom. The third-order valence-corrected chi connectivity index (χ3v) is 9.79. The maximum atomic E-state index is 11.4. The third-order valence-electron chi connectivity index (χ3n) is 4.31. The zero-order valence-electron chi connectivity index (χ0n) is 25.8. The number of halogens is 12. The van der Waals surface area contributed by atoms with Gasteiger partial charge in [0.15, 0.2) is 40.1 Å². The number of nitrogens with zero attached hydrogens (tertiary/aromatic N) is 5. The fraction of sp³-hybridized carbons (Fsp3) is 0.684. The van der Waals surface area contributed by atoms with E-state index in [0.717, 1.165) is 25.7 Å². The van der Waals surface area contributed by atoms with E-state index in [1.165, 1.54) is 12.6 Å². The Bertz CT molecular complexity index is 1510. The zero-order valence-corrected chi connectivity index (χ0v) is 29.1. The molecule has 50 heavy (non-hydrogen) atoms. The Balaban J connectivity index is -0.000000612. The van der Waals surface area contributed by atoms with Crippen LogP contribution in [0.25, 0.3) is 8.25 Å². The molecule has 298 valence electrons. The molecule has 0 aliphatic heterocycles. The van der Waals surface area contributed by atoms with Crippen LogP contribution < -0.4 is 4.57 Å². The van der Waals surface area contributed by atoms with Gasteiger partial charge in [0.2, 0.25) is 6.33 Å². The number of quaternary nitrogens is 1. The van der Waals surface area contributed by atoms with Crippen molar-refractivity contribution in [2.45, 2.75) is 41.9 Å². The van der Waals surface area contributed by atoms with E-state index in [-0.39, 0.29) is 5.97 Å². The second kappa shape index (κ2) is 18.7. The number of aryl methyl sites for hydroxylation is 2. The third kappa shape index (κ3) is 20.2. The molecule has 0 aromatic carbocycles. The molecule has 0 saturated carbocycles. The number of sulfonamides is 4. The van der Waals surface area contributed by atoms with Gasteiger partial charge in [-0.25, -0.2) is 47.6 Å². The maximum Gasteiger partial charge on any atom is 0.480 e. The van der Waals surface area contributed by atoms with E-state index in [1.54, 1.807) is 0 Å². The van der Waals surface area contributed by atoms with Crippen molar-refractivity contribution in [1.29, 1.82) is 0 Å². The number of ether oxygens (including phenoxy) is 1. The predicted molar refractivity (Wildman–Crippen MR) is 147 cm³/mol. The lowest BCUT2D eigenvalue weighted by Gasteiger charge is -2.22. The van der Waals surface area contributed by atoms with Crippen LogP contribution in [-0.4, -0.2) is 105 Å². The Morgan fingerprint density at radius 2 is 1.06 bits per heavy atom. The van der Waals surface area contributed by atoms with E-state index in [2.05, 4.69) is 34.6 Å². The highest BCUT2D eigenvalue weighted by atomic mass is 32.3. The van der Waals surface area contributed by atoms with Crippen molar-refractivity contribution in [1.82, 2.24) is 4.57 Å². The molecule has 0 aliphatic carbocycles. The van der Waals surface area contributed by atoms with Crippen molar-refractivity contribution in [2.24, 2.45) is 7.05 Å². The lowest BCUT2D eigenvalue weighted by molar-refractivity contribution is -0.868. The minimum absolute atomic E-state index is 0.358. The summed E-state index contributed by atoms with van der Waals surface area (Å²) in [4.78, 5) is 10.7. The average molecular weight is 844 g/mol. The van der Waals surface area contributed by atoms with Gasteiger partial charge in [-0.3, -0.25) is 0 Å². The van der Waals surface area contributed by atoms with Crippen molar-refractivity contribution in [3.8, 4) is 0 Å². The van der Waals surface area contributed by atoms with E-state index in [4.69, 9.17) is 4.74 Å². The molecular weight excluding hydrogens is 814 g/mol. The highest BCUT2D eigenvalue weighted by molar-refractivity contribution is 8.13. The second-order valence-corrected chi connectivity index (χ2v) is 16.3. The van der Waals surface area contributed by atoms with Crippen molar-refractivity contribution in [3.63, 3.8) is 0 Å². The summed E-state index contributed by atoms with van der Waals surface area (Å²) >= 11 is 0. The summed E-state index contributed by atoms with van der Waals surface area (Å²) in [5.41, 5.74) is -24.8. The van der Waals surface area contributed by atoms with Gasteiger partial charge < -0.3 is 17.5 Å². The standard InChI is InChI=1S/C10H15N2O2.C5H14N.2C2F6NO4S2/c1-3-10(13)14-8-4-5-12-7-6-11(2)9-12;1-5-6(2,3)4;2*3-1(4,5)14(10,11)9-15(12,13)2(6,7)8/h3,6-7,9H,1,4-5,8H2,2H3;5H2,1-4H3;;/q2*+1;2*-1. The first kappa shape index (κ1) is 51.6. The molecule has 0 N–H and O–H groups in total. The zero-order chi connectivity index (χ0) is 41.0. The fourth-order valence-corrected chi connectivity index (χ4v) is 4.96. The highest BCUT2D eigenvalue weighted by Gasteiger charge is 2.48. The minimum Gasteiger partial charge on any atom is -0.462 e. The highest BCUT2D eigenvalue weighted by Crippen LogP contribution is 2.37. The summed E-state index contributed by atoms with van der Waals surface area (Å²) in [6.45, 7) is 8.00. The van der Waals surface area contributed by atoms with Crippen LogP contribution in [-0.2, 0) is 63.2 Å². The number of hydrogen-bond donors (Lipinski definition) is 0. The molecule has 0 saturated heterocycles. The van der Waals surface area contributed by atoms with E-state index in [0.29, 0.717) is 6.61 Å².